The number of hydrogen-bond donors (Lipinski definition) is 0. The van der Waals surface area contributed by atoms with Crippen LogP contribution in [0, 0.1) is 0 Å². The Morgan fingerprint density at radius 2 is 0.891 bits per heavy atom. The number of rotatable bonds is 6. The van der Waals surface area contributed by atoms with Crippen molar-refractivity contribution in [3.05, 3.63) is 206 Å². The molecule has 0 aliphatic carbocycles. The first kappa shape index (κ1) is 31.1. The van der Waals surface area contributed by atoms with Gasteiger partial charge in [0.15, 0.2) is 5.65 Å². The van der Waals surface area contributed by atoms with Gasteiger partial charge in [0.1, 0.15) is 11.2 Å². The van der Waals surface area contributed by atoms with E-state index in [4.69, 9.17) is 4.98 Å². The highest BCUT2D eigenvalue weighted by Gasteiger charge is 2.22. The SMILES string of the molecule is c1ccc(-c2ccc(N(c3ccc(-n4c5ccccc5c5nc6c7ccccc7c7ccccc7n6c54)cc3)c3cccc(-c4ccccc4)c3)cc2)cc1. The summed E-state index contributed by atoms with van der Waals surface area (Å²) in [5.74, 6) is 0. The topological polar surface area (TPSA) is 25.5 Å². The first-order valence-electron chi connectivity index (χ1n) is 18.7. The van der Waals surface area contributed by atoms with Crippen molar-refractivity contribution in [2.75, 3.05) is 4.90 Å². The van der Waals surface area contributed by atoms with Crippen molar-refractivity contribution in [3.63, 3.8) is 0 Å². The van der Waals surface area contributed by atoms with Crippen LogP contribution in [0.2, 0.25) is 0 Å². The van der Waals surface area contributed by atoms with E-state index < -0.39 is 0 Å². The fourth-order valence-electron chi connectivity index (χ4n) is 8.35. The fourth-order valence-corrected chi connectivity index (χ4v) is 8.35. The lowest BCUT2D eigenvalue weighted by Gasteiger charge is -2.26. The Morgan fingerprint density at radius 3 is 1.60 bits per heavy atom. The van der Waals surface area contributed by atoms with Crippen molar-refractivity contribution in [1.82, 2.24) is 14.0 Å². The summed E-state index contributed by atoms with van der Waals surface area (Å²) in [6, 6.07) is 73.8. The summed E-state index contributed by atoms with van der Waals surface area (Å²) in [5, 5.41) is 4.71. The minimum Gasteiger partial charge on any atom is -0.310 e. The van der Waals surface area contributed by atoms with Gasteiger partial charge in [-0.25, -0.2) is 4.98 Å². The fraction of sp³-hybridized carbons (Fsp3) is 0. The Kier molecular flexibility index (Phi) is 7.14. The van der Waals surface area contributed by atoms with Crippen LogP contribution in [0.1, 0.15) is 0 Å². The maximum atomic E-state index is 5.39. The molecule has 0 spiro atoms. The Bertz CT molecular complexity index is 3180. The average Bonchev–Trinajstić information content (AvgIpc) is 3.81. The third-order valence-electron chi connectivity index (χ3n) is 10.9. The summed E-state index contributed by atoms with van der Waals surface area (Å²) in [6.45, 7) is 0. The zero-order valence-electron chi connectivity index (χ0n) is 29.9. The standard InChI is InChI=1S/C51H34N4/c1-3-14-35(15-4-1)37-26-28-39(29-27-37)53(42-19-13-18-38(34-42)36-16-5-2-6-17-36)40-30-32-41(33-31-40)54-48-25-12-10-23-46(48)49-51(54)55-47-24-11-9-21-44(47)43-20-7-8-22-45(43)50(55)52-49/h1-34H. The molecule has 55 heavy (non-hydrogen) atoms. The Hall–Kier alpha value is -7.43. The van der Waals surface area contributed by atoms with Crippen LogP contribution >= 0.6 is 0 Å². The average molecular weight is 703 g/mol. The summed E-state index contributed by atoms with van der Waals surface area (Å²) in [5.41, 5.74) is 14.4. The zero-order chi connectivity index (χ0) is 36.3. The van der Waals surface area contributed by atoms with Gasteiger partial charge in [-0.2, -0.15) is 0 Å². The van der Waals surface area contributed by atoms with E-state index in [1.165, 1.54) is 33.0 Å². The predicted molar refractivity (Wildman–Crippen MR) is 230 cm³/mol. The molecule has 0 unspecified atom stereocenters. The molecule has 0 amide bonds. The van der Waals surface area contributed by atoms with E-state index in [0.717, 1.165) is 61.4 Å². The summed E-state index contributed by atoms with van der Waals surface area (Å²) >= 11 is 0. The highest BCUT2D eigenvalue weighted by molar-refractivity contribution is 6.16. The molecule has 0 aliphatic rings. The molecule has 0 fully saturated rings. The van der Waals surface area contributed by atoms with Crippen LogP contribution in [-0.2, 0) is 0 Å². The number of fused-ring (bicyclic) bond motifs is 10. The third kappa shape index (κ3) is 5.03. The lowest BCUT2D eigenvalue weighted by atomic mass is 10.0. The molecule has 4 heteroatoms. The van der Waals surface area contributed by atoms with Crippen LogP contribution in [-0.4, -0.2) is 14.0 Å². The van der Waals surface area contributed by atoms with Crippen LogP contribution < -0.4 is 4.90 Å². The van der Waals surface area contributed by atoms with Crippen molar-refractivity contribution < 1.29 is 0 Å². The smallest absolute Gasteiger partial charge is 0.151 e. The molecule has 0 aliphatic heterocycles. The summed E-state index contributed by atoms with van der Waals surface area (Å²) in [4.78, 5) is 7.74. The number of nitrogens with zero attached hydrogens (tertiary/aromatic N) is 4. The Balaban J connectivity index is 1.10. The van der Waals surface area contributed by atoms with E-state index in [9.17, 15) is 0 Å². The second kappa shape index (κ2) is 12.6. The maximum Gasteiger partial charge on any atom is 0.151 e. The third-order valence-corrected chi connectivity index (χ3v) is 10.9. The molecule has 0 bridgehead atoms. The van der Waals surface area contributed by atoms with Gasteiger partial charge in [-0.3, -0.25) is 8.97 Å². The number of anilines is 3. The van der Waals surface area contributed by atoms with Gasteiger partial charge in [0, 0.05) is 38.9 Å². The molecule has 8 aromatic carbocycles. The van der Waals surface area contributed by atoms with Crippen molar-refractivity contribution >= 4 is 66.5 Å². The summed E-state index contributed by atoms with van der Waals surface area (Å²) < 4.78 is 4.74. The van der Waals surface area contributed by atoms with Gasteiger partial charge in [0.05, 0.1) is 11.0 Å². The predicted octanol–water partition coefficient (Wildman–Crippen LogP) is 13.5. The van der Waals surface area contributed by atoms with Crippen molar-refractivity contribution in [3.8, 4) is 27.9 Å². The van der Waals surface area contributed by atoms with Crippen LogP contribution in [0.4, 0.5) is 17.1 Å². The maximum absolute atomic E-state index is 5.39. The molecule has 3 heterocycles. The van der Waals surface area contributed by atoms with Crippen LogP contribution in [0.15, 0.2) is 206 Å². The van der Waals surface area contributed by atoms with Gasteiger partial charge < -0.3 is 4.90 Å². The molecule has 258 valence electrons. The zero-order valence-corrected chi connectivity index (χ0v) is 29.9. The number of benzene rings is 8. The lowest BCUT2D eigenvalue weighted by Crippen LogP contribution is -2.10. The molecule has 0 atom stereocenters. The molecule has 0 radical (unpaired) electrons. The first-order chi connectivity index (χ1) is 27.3. The van der Waals surface area contributed by atoms with E-state index in [2.05, 4.69) is 220 Å². The normalized spacial score (nSPS) is 11.6. The van der Waals surface area contributed by atoms with E-state index >= 15 is 0 Å². The van der Waals surface area contributed by atoms with E-state index in [0.29, 0.717) is 0 Å². The van der Waals surface area contributed by atoms with E-state index in [-0.39, 0.29) is 0 Å². The van der Waals surface area contributed by atoms with Gasteiger partial charge in [0.2, 0.25) is 0 Å². The molecule has 0 saturated heterocycles. The van der Waals surface area contributed by atoms with Gasteiger partial charge >= 0.3 is 0 Å². The summed E-state index contributed by atoms with van der Waals surface area (Å²) in [7, 11) is 0. The Labute approximate surface area is 318 Å². The van der Waals surface area contributed by atoms with E-state index in [1.807, 2.05) is 0 Å². The Morgan fingerprint density at radius 1 is 0.364 bits per heavy atom. The molecular weight excluding hydrogens is 669 g/mol. The van der Waals surface area contributed by atoms with Gasteiger partial charge in [-0.1, -0.05) is 146 Å². The summed E-state index contributed by atoms with van der Waals surface area (Å²) in [6.07, 6.45) is 0. The van der Waals surface area contributed by atoms with Crippen LogP contribution in [0.3, 0.4) is 0 Å². The largest absolute Gasteiger partial charge is 0.310 e. The number of hydrogen-bond acceptors (Lipinski definition) is 2. The first-order valence-corrected chi connectivity index (χ1v) is 18.7. The quantitative estimate of drug-likeness (QED) is 0.161. The number of pyridine rings is 1. The van der Waals surface area contributed by atoms with Crippen molar-refractivity contribution in [2.24, 2.45) is 0 Å². The van der Waals surface area contributed by atoms with Crippen molar-refractivity contribution in [1.29, 1.82) is 0 Å². The monoisotopic (exact) mass is 702 g/mol. The molecule has 11 rings (SSSR count). The van der Waals surface area contributed by atoms with E-state index in [1.54, 1.807) is 0 Å². The highest BCUT2D eigenvalue weighted by atomic mass is 15.2. The molecular formula is C51H34N4. The van der Waals surface area contributed by atoms with Crippen LogP contribution in [0.25, 0.3) is 77.3 Å². The van der Waals surface area contributed by atoms with Gasteiger partial charge in [0.25, 0.3) is 0 Å². The van der Waals surface area contributed by atoms with Gasteiger partial charge in [-0.15, -0.1) is 0 Å². The number of para-hydroxylation sites is 2. The minimum atomic E-state index is 0.971. The van der Waals surface area contributed by atoms with Gasteiger partial charge in [-0.05, 0) is 88.3 Å². The number of aromatic nitrogens is 3. The molecule has 4 nitrogen and oxygen atoms in total. The second-order valence-electron chi connectivity index (χ2n) is 14.0. The molecule has 0 saturated carbocycles. The highest BCUT2D eigenvalue weighted by Crippen LogP contribution is 2.40. The minimum absolute atomic E-state index is 0.971. The molecule has 0 N–H and O–H groups in total. The van der Waals surface area contributed by atoms with Crippen molar-refractivity contribution in [2.45, 2.75) is 0 Å². The van der Waals surface area contributed by atoms with Crippen LogP contribution in [0.5, 0.6) is 0 Å². The lowest BCUT2D eigenvalue weighted by molar-refractivity contribution is 1.12. The molecule has 3 aromatic heterocycles. The number of imidazole rings is 1. The second-order valence-corrected chi connectivity index (χ2v) is 14.0. The molecule has 11 aromatic rings.